The van der Waals surface area contributed by atoms with Gasteiger partial charge < -0.3 is 19.5 Å². The van der Waals surface area contributed by atoms with Crippen molar-refractivity contribution in [1.29, 1.82) is 0 Å². The van der Waals surface area contributed by atoms with Gasteiger partial charge in [-0.3, -0.25) is 4.79 Å². The summed E-state index contributed by atoms with van der Waals surface area (Å²) in [5, 5.41) is 3.46. The van der Waals surface area contributed by atoms with Crippen molar-refractivity contribution in [3.05, 3.63) is 59.2 Å². The van der Waals surface area contributed by atoms with Crippen molar-refractivity contribution in [2.75, 3.05) is 13.4 Å². The molecular weight excluding hydrogens is 318 g/mol. The van der Waals surface area contributed by atoms with Gasteiger partial charge >= 0.3 is 5.97 Å². The average Bonchev–Trinajstić information content (AvgIpc) is 3.07. The van der Waals surface area contributed by atoms with Crippen molar-refractivity contribution in [3.63, 3.8) is 0 Å². The first-order valence-electron chi connectivity index (χ1n) is 8.50. The summed E-state index contributed by atoms with van der Waals surface area (Å²) in [5.74, 6) is 1.33. The van der Waals surface area contributed by atoms with Crippen LogP contribution in [-0.2, 0) is 16.1 Å². The van der Waals surface area contributed by atoms with Gasteiger partial charge in [-0.2, -0.15) is 0 Å². The molecule has 0 radical (unpaired) electrons. The zero-order valence-corrected chi connectivity index (χ0v) is 14.6. The topological polar surface area (TPSA) is 56.8 Å². The van der Waals surface area contributed by atoms with Gasteiger partial charge in [0.2, 0.25) is 6.79 Å². The number of hydrogen-bond donors (Lipinski definition) is 1. The number of esters is 1. The minimum absolute atomic E-state index is 0.106. The third-order valence-electron chi connectivity index (χ3n) is 4.15. The van der Waals surface area contributed by atoms with Crippen LogP contribution in [0.5, 0.6) is 11.5 Å². The third kappa shape index (κ3) is 4.51. The number of benzene rings is 2. The van der Waals surface area contributed by atoms with Crippen LogP contribution in [0.2, 0.25) is 0 Å². The van der Waals surface area contributed by atoms with E-state index in [1.807, 2.05) is 44.2 Å². The van der Waals surface area contributed by atoms with Gasteiger partial charge in [0.1, 0.15) is 0 Å². The molecule has 1 atom stereocenters. The molecule has 0 unspecified atom stereocenters. The van der Waals surface area contributed by atoms with Gasteiger partial charge in [0.15, 0.2) is 11.5 Å². The van der Waals surface area contributed by atoms with Gasteiger partial charge in [-0.15, -0.1) is 0 Å². The van der Waals surface area contributed by atoms with Gasteiger partial charge in [-0.05, 0) is 37.1 Å². The Kier molecular flexibility index (Phi) is 5.56. The van der Waals surface area contributed by atoms with Gasteiger partial charge in [-0.1, -0.05) is 35.9 Å². The van der Waals surface area contributed by atoms with Crippen molar-refractivity contribution in [3.8, 4) is 11.5 Å². The Hall–Kier alpha value is -2.53. The normalized spacial score (nSPS) is 13.5. The van der Waals surface area contributed by atoms with Crippen LogP contribution in [0, 0.1) is 6.92 Å². The van der Waals surface area contributed by atoms with Crippen molar-refractivity contribution >= 4 is 5.97 Å². The van der Waals surface area contributed by atoms with Crippen molar-refractivity contribution in [1.82, 2.24) is 5.32 Å². The lowest BCUT2D eigenvalue weighted by atomic mass is 10.0. The molecule has 1 N–H and O–H groups in total. The number of nitrogens with one attached hydrogen (secondary N) is 1. The fraction of sp³-hybridized carbons (Fsp3) is 0.350. The Bertz CT molecular complexity index is 727. The smallest absolute Gasteiger partial charge is 0.307 e. The second kappa shape index (κ2) is 8.03. The summed E-state index contributed by atoms with van der Waals surface area (Å²) < 4.78 is 15.9. The number of carbonyl (C=O) groups is 1. The lowest BCUT2D eigenvalue weighted by Crippen LogP contribution is -2.24. The molecule has 0 bridgehead atoms. The van der Waals surface area contributed by atoms with E-state index in [2.05, 4.69) is 17.4 Å². The number of aryl methyl sites for hydroxylation is 1. The van der Waals surface area contributed by atoms with Crippen molar-refractivity contribution < 1.29 is 19.0 Å². The Morgan fingerprint density at radius 3 is 2.68 bits per heavy atom. The highest BCUT2D eigenvalue weighted by Crippen LogP contribution is 2.32. The maximum atomic E-state index is 12.0. The zero-order chi connectivity index (χ0) is 17.6. The molecule has 0 fully saturated rings. The number of carbonyl (C=O) groups excluding carboxylic acids is 1. The Morgan fingerprint density at radius 2 is 1.92 bits per heavy atom. The van der Waals surface area contributed by atoms with E-state index in [4.69, 9.17) is 14.2 Å². The van der Waals surface area contributed by atoms with Gasteiger partial charge in [0.25, 0.3) is 0 Å². The molecule has 1 aliphatic rings. The van der Waals surface area contributed by atoms with Crippen LogP contribution in [-0.4, -0.2) is 19.4 Å². The van der Waals surface area contributed by atoms with E-state index in [-0.39, 0.29) is 18.8 Å². The van der Waals surface area contributed by atoms with E-state index < -0.39 is 0 Å². The summed E-state index contributed by atoms with van der Waals surface area (Å²) in [6.07, 6.45) is 0.293. The van der Waals surface area contributed by atoms with Crippen LogP contribution < -0.4 is 14.8 Å². The van der Waals surface area contributed by atoms with Crippen LogP contribution in [0.1, 0.15) is 36.1 Å². The molecule has 0 saturated heterocycles. The fourth-order valence-electron chi connectivity index (χ4n) is 2.79. The van der Waals surface area contributed by atoms with E-state index in [9.17, 15) is 4.79 Å². The highest BCUT2D eigenvalue weighted by molar-refractivity contribution is 5.70. The summed E-state index contributed by atoms with van der Waals surface area (Å²) in [6, 6.07) is 14.0. The second-order valence-electron chi connectivity index (χ2n) is 6.04. The summed E-state index contributed by atoms with van der Waals surface area (Å²) >= 11 is 0. The Balaban J connectivity index is 1.70. The molecule has 5 heteroatoms. The largest absolute Gasteiger partial charge is 0.466 e. The molecule has 0 amide bonds. The summed E-state index contributed by atoms with van der Waals surface area (Å²) in [4.78, 5) is 12.0. The quantitative estimate of drug-likeness (QED) is 0.781. The first-order chi connectivity index (χ1) is 12.2. The maximum Gasteiger partial charge on any atom is 0.307 e. The van der Waals surface area contributed by atoms with Crippen molar-refractivity contribution in [2.45, 2.75) is 32.9 Å². The fourth-order valence-corrected chi connectivity index (χ4v) is 2.79. The van der Waals surface area contributed by atoms with Crippen LogP contribution >= 0.6 is 0 Å². The molecule has 0 saturated carbocycles. The molecule has 3 rings (SSSR count). The summed E-state index contributed by atoms with van der Waals surface area (Å²) in [6.45, 7) is 5.14. The monoisotopic (exact) mass is 341 g/mol. The minimum Gasteiger partial charge on any atom is -0.466 e. The Labute approximate surface area is 147 Å². The first kappa shape index (κ1) is 17.3. The molecule has 2 aromatic rings. The number of hydrogen-bond acceptors (Lipinski definition) is 5. The van der Waals surface area contributed by atoms with E-state index in [1.165, 1.54) is 5.56 Å². The van der Waals surface area contributed by atoms with E-state index >= 15 is 0 Å². The van der Waals surface area contributed by atoms with Crippen molar-refractivity contribution in [2.24, 2.45) is 0 Å². The first-order valence-corrected chi connectivity index (χ1v) is 8.50. The third-order valence-corrected chi connectivity index (χ3v) is 4.15. The molecule has 1 heterocycles. The lowest BCUT2D eigenvalue weighted by molar-refractivity contribution is -0.143. The van der Waals surface area contributed by atoms with Crippen LogP contribution in [0.4, 0.5) is 0 Å². The van der Waals surface area contributed by atoms with Gasteiger partial charge in [0, 0.05) is 12.6 Å². The van der Waals surface area contributed by atoms with Gasteiger partial charge in [0.05, 0.1) is 13.0 Å². The maximum absolute atomic E-state index is 12.0. The SMILES string of the molecule is CCOC(=O)C[C@@H](NCc1ccc2c(c1)OCO2)c1ccc(C)cc1. The molecule has 2 aromatic carbocycles. The summed E-state index contributed by atoms with van der Waals surface area (Å²) in [5.41, 5.74) is 3.33. The molecule has 0 aliphatic carbocycles. The predicted molar refractivity (Wildman–Crippen MR) is 94.6 cm³/mol. The lowest BCUT2D eigenvalue weighted by Gasteiger charge is -2.19. The highest BCUT2D eigenvalue weighted by Gasteiger charge is 2.18. The van der Waals surface area contributed by atoms with E-state index in [0.29, 0.717) is 19.6 Å². The average molecular weight is 341 g/mol. The van der Waals surface area contributed by atoms with Crippen LogP contribution in [0.3, 0.4) is 0 Å². The molecule has 5 nitrogen and oxygen atoms in total. The molecular formula is C20H23NO4. The van der Waals surface area contributed by atoms with E-state index in [1.54, 1.807) is 0 Å². The Morgan fingerprint density at radius 1 is 1.16 bits per heavy atom. The number of ether oxygens (including phenoxy) is 3. The van der Waals surface area contributed by atoms with Gasteiger partial charge in [-0.25, -0.2) is 0 Å². The van der Waals surface area contributed by atoms with E-state index in [0.717, 1.165) is 22.6 Å². The summed E-state index contributed by atoms with van der Waals surface area (Å²) in [7, 11) is 0. The number of rotatable bonds is 7. The molecule has 132 valence electrons. The molecule has 1 aliphatic heterocycles. The molecule has 0 aromatic heterocycles. The zero-order valence-electron chi connectivity index (χ0n) is 14.6. The number of fused-ring (bicyclic) bond motifs is 1. The molecule has 25 heavy (non-hydrogen) atoms. The van der Waals surface area contributed by atoms with Crippen LogP contribution in [0.15, 0.2) is 42.5 Å². The second-order valence-corrected chi connectivity index (χ2v) is 6.04. The highest BCUT2D eigenvalue weighted by atomic mass is 16.7. The molecule has 0 spiro atoms. The van der Waals surface area contributed by atoms with Crippen LogP contribution in [0.25, 0.3) is 0 Å². The minimum atomic E-state index is -0.203. The predicted octanol–water partition coefficient (Wildman–Crippen LogP) is 3.51. The standard InChI is InChI=1S/C20H23NO4/c1-3-23-20(22)11-17(16-7-4-14(2)5-8-16)21-12-15-6-9-18-19(10-15)25-13-24-18/h4-10,17,21H,3,11-13H2,1-2H3/t17-/m1/s1.